The standard InChI is InChI=1S/C41H23N3O/c1-2-10-26-24(9-1)17-19-29-31-22-30-27-11-3-6-14-35(27)44-36-15-7-5-13-34(36)42-41(44)33(30)23-37(31)43(40(26)29)25-18-20-39-32(21-25)28-12-4-8-16-38(28)45-39/h1-23H. The highest BCUT2D eigenvalue weighted by atomic mass is 16.3. The molecule has 0 radical (unpaired) electrons. The predicted molar refractivity (Wildman–Crippen MR) is 187 cm³/mol. The molecule has 0 aliphatic carbocycles. The second kappa shape index (κ2) is 8.28. The molecule has 0 amide bonds. The van der Waals surface area contributed by atoms with Gasteiger partial charge in [0.25, 0.3) is 0 Å². The van der Waals surface area contributed by atoms with Crippen LogP contribution < -0.4 is 0 Å². The van der Waals surface area contributed by atoms with Crippen molar-refractivity contribution in [2.24, 2.45) is 0 Å². The minimum atomic E-state index is 0.897. The van der Waals surface area contributed by atoms with Gasteiger partial charge in [0.1, 0.15) is 16.8 Å². The topological polar surface area (TPSA) is 35.4 Å². The summed E-state index contributed by atoms with van der Waals surface area (Å²) in [6.45, 7) is 0. The molecule has 45 heavy (non-hydrogen) atoms. The van der Waals surface area contributed by atoms with Crippen LogP contribution in [0.25, 0.3) is 98.6 Å². The third kappa shape index (κ3) is 2.98. The number of fused-ring (bicyclic) bond motifs is 16. The van der Waals surface area contributed by atoms with E-state index in [0.29, 0.717) is 0 Å². The number of nitrogens with zero attached hydrogens (tertiary/aromatic N) is 3. The zero-order chi connectivity index (χ0) is 29.2. The minimum absolute atomic E-state index is 0.897. The lowest BCUT2D eigenvalue weighted by molar-refractivity contribution is 0.669. The molecule has 0 aliphatic rings. The van der Waals surface area contributed by atoms with E-state index >= 15 is 0 Å². The maximum Gasteiger partial charge on any atom is 0.146 e. The molecule has 0 atom stereocenters. The zero-order valence-corrected chi connectivity index (χ0v) is 24.0. The van der Waals surface area contributed by atoms with Gasteiger partial charge in [0.05, 0.1) is 27.6 Å². The highest BCUT2D eigenvalue weighted by molar-refractivity contribution is 6.25. The number of furan rings is 1. The Labute approximate surface area is 255 Å². The smallest absolute Gasteiger partial charge is 0.146 e. The molecule has 4 heterocycles. The second-order valence-electron chi connectivity index (χ2n) is 12.0. The number of rotatable bonds is 1. The van der Waals surface area contributed by atoms with E-state index < -0.39 is 0 Å². The van der Waals surface area contributed by atoms with Crippen LogP contribution in [-0.4, -0.2) is 14.0 Å². The number of pyridine rings is 1. The summed E-state index contributed by atoms with van der Waals surface area (Å²) in [7, 11) is 0. The maximum absolute atomic E-state index is 6.23. The molecule has 0 saturated carbocycles. The van der Waals surface area contributed by atoms with Gasteiger partial charge in [0.2, 0.25) is 0 Å². The Bertz CT molecular complexity index is 3050. The van der Waals surface area contributed by atoms with Crippen LogP contribution >= 0.6 is 0 Å². The van der Waals surface area contributed by atoms with Crippen molar-refractivity contribution < 1.29 is 4.42 Å². The molecule has 0 saturated heterocycles. The monoisotopic (exact) mass is 573 g/mol. The van der Waals surface area contributed by atoms with Gasteiger partial charge in [0, 0.05) is 43.4 Å². The number of aromatic nitrogens is 3. The molecular weight excluding hydrogens is 550 g/mol. The fourth-order valence-electron chi connectivity index (χ4n) is 7.70. The van der Waals surface area contributed by atoms with Gasteiger partial charge >= 0.3 is 0 Å². The highest BCUT2D eigenvalue weighted by Gasteiger charge is 2.20. The fourth-order valence-corrected chi connectivity index (χ4v) is 7.70. The van der Waals surface area contributed by atoms with Gasteiger partial charge in [-0.3, -0.25) is 4.40 Å². The summed E-state index contributed by atoms with van der Waals surface area (Å²) < 4.78 is 11.0. The number of hydrogen-bond donors (Lipinski definition) is 0. The van der Waals surface area contributed by atoms with E-state index in [-0.39, 0.29) is 0 Å². The summed E-state index contributed by atoms with van der Waals surface area (Å²) in [5.74, 6) is 0. The molecule has 4 aromatic heterocycles. The third-order valence-electron chi connectivity index (χ3n) is 9.65. The van der Waals surface area contributed by atoms with Crippen LogP contribution in [0, 0.1) is 0 Å². The van der Waals surface area contributed by atoms with Crippen LogP contribution in [0.1, 0.15) is 0 Å². The number of imidazole rings is 1. The van der Waals surface area contributed by atoms with Crippen LogP contribution in [0.2, 0.25) is 0 Å². The second-order valence-corrected chi connectivity index (χ2v) is 12.0. The molecular formula is C41H23N3O. The van der Waals surface area contributed by atoms with Crippen molar-refractivity contribution in [1.82, 2.24) is 14.0 Å². The maximum atomic E-state index is 6.23. The van der Waals surface area contributed by atoms with Crippen LogP contribution in [0.15, 0.2) is 144 Å². The van der Waals surface area contributed by atoms with Gasteiger partial charge in [-0.15, -0.1) is 0 Å². The Morgan fingerprint density at radius 3 is 2.13 bits per heavy atom. The number of hydrogen-bond acceptors (Lipinski definition) is 2. The molecule has 11 aromatic rings. The molecule has 0 bridgehead atoms. The van der Waals surface area contributed by atoms with Gasteiger partial charge in [-0.1, -0.05) is 84.9 Å². The van der Waals surface area contributed by atoms with Crippen molar-refractivity contribution in [2.45, 2.75) is 0 Å². The van der Waals surface area contributed by atoms with Crippen LogP contribution in [0.5, 0.6) is 0 Å². The fraction of sp³-hybridized carbons (Fsp3) is 0. The van der Waals surface area contributed by atoms with Crippen molar-refractivity contribution in [3.63, 3.8) is 0 Å². The molecule has 0 fully saturated rings. The lowest BCUT2D eigenvalue weighted by atomic mass is 10.0. The van der Waals surface area contributed by atoms with Crippen molar-refractivity contribution in [1.29, 1.82) is 0 Å². The summed E-state index contributed by atoms with van der Waals surface area (Å²) >= 11 is 0. The summed E-state index contributed by atoms with van der Waals surface area (Å²) in [6.07, 6.45) is 0. The van der Waals surface area contributed by atoms with E-state index in [0.717, 1.165) is 55.2 Å². The molecule has 0 aliphatic heterocycles. The molecule has 4 heteroatoms. The van der Waals surface area contributed by atoms with E-state index in [1.807, 2.05) is 12.1 Å². The summed E-state index contributed by atoms with van der Waals surface area (Å²) in [6, 6.07) is 50.0. The highest BCUT2D eigenvalue weighted by Crippen LogP contribution is 2.42. The average molecular weight is 574 g/mol. The van der Waals surface area contributed by atoms with Gasteiger partial charge in [0.15, 0.2) is 0 Å². The summed E-state index contributed by atoms with van der Waals surface area (Å²) in [5, 5.41) is 10.7. The first-order chi connectivity index (χ1) is 22.3. The minimum Gasteiger partial charge on any atom is -0.456 e. The zero-order valence-electron chi connectivity index (χ0n) is 24.0. The lowest BCUT2D eigenvalue weighted by Crippen LogP contribution is -1.95. The first kappa shape index (κ1) is 23.3. The van der Waals surface area contributed by atoms with Crippen LogP contribution in [0.4, 0.5) is 0 Å². The average Bonchev–Trinajstić information content (AvgIpc) is 3.77. The third-order valence-corrected chi connectivity index (χ3v) is 9.65. The largest absolute Gasteiger partial charge is 0.456 e. The lowest BCUT2D eigenvalue weighted by Gasteiger charge is -2.12. The predicted octanol–water partition coefficient (Wildman–Crippen LogP) is 10.9. The Morgan fingerprint density at radius 2 is 1.20 bits per heavy atom. The van der Waals surface area contributed by atoms with Gasteiger partial charge in [-0.25, -0.2) is 4.98 Å². The van der Waals surface area contributed by atoms with Crippen LogP contribution in [0.3, 0.4) is 0 Å². The Hall–Kier alpha value is -6.13. The summed E-state index contributed by atoms with van der Waals surface area (Å²) in [5.41, 5.74) is 9.54. The first-order valence-electron chi connectivity index (χ1n) is 15.3. The van der Waals surface area contributed by atoms with E-state index in [9.17, 15) is 0 Å². The van der Waals surface area contributed by atoms with E-state index in [4.69, 9.17) is 9.40 Å². The van der Waals surface area contributed by atoms with Gasteiger partial charge < -0.3 is 8.98 Å². The van der Waals surface area contributed by atoms with E-state index in [1.165, 1.54) is 43.4 Å². The molecule has 0 unspecified atom stereocenters. The Balaban J connectivity index is 1.38. The summed E-state index contributed by atoms with van der Waals surface area (Å²) in [4.78, 5) is 5.22. The molecule has 0 spiro atoms. The van der Waals surface area contributed by atoms with Crippen molar-refractivity contribution in [3.8, 4) is 5.69 Å². The molecule has 11 rings (SSSR count). The molecule has 4 nitrogen and oxygen atoms in total. The van der Waals surface area contributed by atoms with E-state index in [2.05, 4.69) is 136 Å². The van der Waals surface area contributed by atoms with Crippen molar-refractivity contribution in [3.05, 3.63) is 140 Å². The molecule has 7 aromatic carbocycles. The Kier molecular flexibility index (Phi) is 4.29. The van der Waals surface area contributed by atoms with Crippen LogP contribution in [-0.2, 0) is 0 Å². The van der Waals surface area contributed by atoms with Crippen molar-refractivity contribution >= 4 is 92.9 Å². The number of benzene rings is 7. The first-order valence-corrected chi connectivity index (χ1v) is 15.3. The SMILES string of the molecule is c1ccc2c(c1)ccc1c3cc4c5ccccc5n5c6ccccc6nc5c4cc3n(-c3ccc4oc5ccccc5c4c3)c21. The number of para-hydroxylation sites is 4. The quantitative estimate of drug-likeness (QED) is 0.183. The normalized spacial score (nSPS) is 12.4. The van der Waals surface area contributed by atoms with Crippen molar-refractivity contribution in [2.75, 3.05) is 0 Å². The van der Waals surface area contributed by atoms with E-state index in [1.54, 1.807) is 0 Å². The van der Waals surface area contributed by atoms with Gasteiger partial charge in [-0.05, 0) is 65.4 Å². The Morgan fingerprint density at radius 1 is 0.444 bits per heavy atom. The molecule has 208 valence electrons. The molecule has 0 N–H and O–H groups in total. The van der Waals surface area contributed by atoms with Gasteiger partial charge in [-0.2, -0.15) is 0 Å².